The Hall–Kier alpha value is -1.95. The maximum Gasteiger partial charge on any atom is 0.313 e. The van der Waals surface area contributed by atoms with Crippen LogP contribution < -0.4 is 0 Å². The first-order valence-corrected chi connectivity index (χ1v) is 5.46. The lowest BCUT2D eigenvalue weighted by Gasteiger charge is -2.04. The van der Waals surface area contributed by atoms with Crippen LogP contribution in [0.5, 0.6) is 0 Å². The summed E-state index contributed by atoms with van der Waals surface area (Å²) in [4.78, 5) is 32.8. The second kappa shape index (κ2) is 6.11. The molecule has 0 aromatic heterocycles. The number of nitro groups is 1. The Kier molecular flexibility index (Phi) is 4.79. The van der Waals surface area contributed by atoms with E-state index in [9.17, 15) is 19.7 Å². The molecule has 7 heteroatoms. The van der Waals surface area contributed by atoms with E-state index in [1.165, 1.54) is 18.2 Å². The summed E-state index contributed by atoms with van der Waals surface area (Å²) in [6.45, 7) is 1.78. The van der Waals surface area contributed by atoms with Crippen molar-refractivity contribution < 1.29 is 19.2 Å². The zero-order chi connectivity index (χ0) is 13.7. The fourth-order valence-electron chi connectivity index (χ4n) is 1.31. The van der Waals surface area contributed by atoms with Crippen LogP contribution in [0.15, 0.2) is 18.2 Å². The summed E-state index contributed by atoms with van der Waals surface area (Å²) in [6, 6.07) is 3.85. The molecule has 0 saturated carbocycles. The summed E-state index contributed by atoms with van der Waals surface area (Å²) >= 11 is 5.74. The molecule has 0 aliphatic carbocycles. The zero-order valence-electron chi connectivity index (χ0n) is 9.51. The third-order valence-electron chi connectivity index (χ3n) is 2.09. The molecule has 1 aromatic rings. The van der Waals surface area contributed by atoms with Crippen LogP contribution in [0, 0.1) is 10.1 Å². The van der Waals surface area contributed by atoms with Crippen LogP contribution in [-0.4, -0.2) is 23.3 Å². The van der Waals surface area contributed by atoms with E-state index in [0.29, 0.717) is 0 Å². The number of rotatable bonds is 5. The number of hydrogen-bond donors (Lipinski definition) is 0. The van der Waals surface area contributed by atoms with Gasteiger partial charge < -0.3 is 4.74 Å². The molecule has 96 valence electrons. The van der Waals surface area contributed by atoms with Gasteiger partial charge in [0, 0.05) is 11.6 Å². The molecule has 0 aliphatic rings. The lowest BCUT2D eigenvalue weighted by atomic mass is 10.1. The van der Waals surface area contributed by atoms with Crippen molar-refractivity contribution in [3.63, 3.8) is 0 Å². The van der Waals surface area contributed by atoms with Crippen molar-refractivity contribution in [3.05, 3.63) is 38.9 Å². The first-order chi connectivity index (χ1) is 8.47. The topological polar surface area (TPSA) is 86.5 Å². The van der Waals surface area contributed by atoms with Crippen molar-refractivity contribution in [2.75, 3.05) is 6.61 Å². The molecule has 0 fully saturated rings. The molecule has 0 aliphatic heterocycles. The number of halogens is 1. The predicted molar refractivity (Wildman–Crippen MR) is 63.7 cm³/mol. The maximum atomic E-state index is 11.7. The monoisotopic (exact) mass is 271 g/mol. The van der Waals surface area contributed by atoms with Crippen LogP contribution >= 0.6 is 11.6 Å². The van der Waals surface area contributed by atoms with Crippen molar-refractivity contribution >= 4 is 29.0 Å². The number of ether oxygens (including phenoxy) is 1. The Morgan fingerprint density at radius 2 is 2.11 bits per heavy atom. The predicted octanol–water partition coefficient (Wildman–Crippen LogP) is 2.38. The number of hydrogen-bond acceptors (Lipinski definition) is 5. The van der Waals surface area contributed by atoms with Gasteiger partial charge in [-0.3, -0.25) is 19.7 Å². The zero-order valence-corrected chi connectivity index (χ0v) is 10.3. The van der Waals surface area contributed by atoms with Gasteiger partial charge in [-0.05, 0) is 13.0 Å². The van der Waals surface area contributed by atoms with Crippen LogP contribution in [0.2, 0.25) is 5.02 Å². The Balaban J connectivity index is 2.96. The van der Waals surface area contributed by atoms with Crippen molar-refractivity contribution in [2.45, 2.75) is 13.3 Å². The summed E-state index contributed by atoms with van der Waals surface area (Å²) in [5, 5.41) is 10.4. The third-order valence-corrected chi connectivity index (χ3v) is 2.48. The highest BCUT2D eigenvalue weighted by Crippen LogP contribution is 2.28. The van der Waals surface area contributed by atoms with E-state index >= 15 is 0 Å². The molecule has 0 spiro atoms. The molecule has 0 atom stereocenters. The highest BCUT2D eigenvalue weighted by molar-refractivity contribution is 6.36. The van der Waals surface area contributed by atoms with Gasteiger partial charge >= 0.3 is 5.97 Å². The molecule has 0 saturated heterocycles. The van der Waals surface area contributed by atoms with Crippen molar-refractivity contribution in [1.29, 1.82) is 0 Å². The van der Waals surface area contributed by atoms with Crippen LogP contribution in [-0.2, 0) is 9.53 Å². The van der Waals surface area contributed by atoms with Crippen LogP contribution in [0.3, 0.4) is 0 Å². The average Bonchev–Trinajstić information content (AvgIpc) is 2.28. The molecule has 0 heterocycles. The number of esters is 1. The van der Waals surface area contributed by atoms with Gasteiger partial charge in [-0.1, -0.05) is 17.7 Å². The minimum atomic E-state index is -0.691. The van der Waals surface area contributed by atoms with E-state index in [2.05, 4.69) is 4.74 Å². The molecular weight excluding hydrogens is 262 g/mol. The number of Topliss-reactive ketones (excluding diaryl/α,β-unsaturated/α-hetero) is 1. The highest BCUT2D eigenvalue weighted by Gasteiger charge is 2.21. The molecule has 18 heavy (non-hydrogen) atoms. The molecule has 6 nitrogen and oxygen atoms in total. The van der Waals surface area contributed by atoms with E-state index in [0.717, 1.165) is 0 Å². The van der Waals surface area contributed by atoms with Crippen LogP contribution in [0.4, 0.5) is 5.69 Å². The minimum Gasteiger partial charge on any atom is -0.466 e. The van der Waals surface area contributed by atoms with Gasteiger partial charge in [0.15, 0.2) is 5.78 Å². The Bertz CT molecular complexity index is 500. The lowest BCUT2D eigenvalue weighted by Crippen LogP contribution is -2.12. The summed E-state index contributed by atoms with van der Waals surface area (Å²) in [5.41, 5.74) is -0.426. The van der Waals surface area contributed by atoms with Gasteiger partial charge in [-0.2, -0.15) is 0 Å². The minimum absolute atomic E-state index is 0.0566. The van der Waals surface area contributed by atoms with E-state index in [-0.39, 0.29) is 22.9 Å². The molecule has 0 bridgehead atoms. The number of carbonyl (C=O) groups excluding carboxylic acids is 2. The van der Waals surface area contributed by atoms with Crippen molar-refractivity contribution in [1.82, 2.24) is 0 Å². The van der Waals surface area contributed by atoms with Gasteiger partial charge in [0.1, 0.15) is 11.4 Å². The molecule has 1 rings (SSSR count). The van der Waals surface area contributed by atoms with Gasteiger partial charge in [0.05, 0.1) is 11.5 Å². The first kappa shape index (κ1) is 14.1. The molecule has 0 unspecified atom stereocenters. The summed E-state index contributed by atoms with van der Waals surface area (Å²) in [6.07, 6.45) is -0.491. The number of nitro benzene ring substituents is 1. The molecule has 1 aromatic carbocycles. The normalized spacial score (nSPS) is 9.89. The Morgan fingerprint density at radius 1 is 1.44 bits per heavy atom. The maximum absolute atomic E-state index is 11.7. The highest BCUT2D eigenvalue weighted by atomic mass is 35.5. The van der Waals surface area contributed by atoms with E-state index in [1.54, 1.807) is 6.92 Å². The van der Waals surface area contributed by atoms with Gasteiger partial charge in [-0.15, -0.1) is 0 Å². The molecular formula is C11H10ClNO5. The summed E-state index contributed by atoms with van der Waals surface area (Å²) < 4.78 is 4.61. The average molecular weight is 272 g/mol. The standard InChI is InChI=1S/C11H10ClNO5/c1-2-18-10(15)6-9(14)7-4-3-5-8(11(7)12)13(16)17/h3-5H,2,6H2,1H3. The Morgan fingerprint density at radius 3 is 2.67 bits per heavy atom. The number of carbonyl (C=O) groups is 2. The van der Waals surface area contributed by atoms with Gasteiger partial charge in [0.2, 0.25) is 0 Å². The van der Waals surface area contributed by atoms with Gasteiger partial charge in [-0.25, -0.2) is 0 Å². The largest absolute Gasteiger partial charge is 0.466 e. The smallest absolute Gasteiger partial charge is 0.313 e. The second-order valence-electron chi connectivity index (χ2n) is 3.30. The van der Waals surface area contributed by atoms with E-state index in [4.69, 9.17) is 11.6 Å². The quantitative estimate of drug-likeness (QED) is 0.270. The van der Waals surface area contributed by atoms with Crippen LogP contribution in [0.25, 0.3) is 0 Å². The molecule has 0 radical (unpaired) electrons. The van der Waals surface area contributed by atoms with Gasteiger partial charge in [0.25, 0.3) is 5.69 Å². The van der Waals surface area contributed by atoms with Crippen molar-refractivity contribution in [3.8, 4) is 0 Å². The molecule has 0 amide bonds. The van der Waals surface area contributed by atoms with E-state index < -0.39 is 23.1 Å². The summed E-state index contributed by atoms with van der Waals surface area (Å²) in [7, 11) is 0. The number of benzene rings is 1. The van der Waals surface area contributed by atoms with Crippen molar-refractivity contribution in [2.24, 2.45) is 0 Å². The van der Waals surface area contributed by atoms with E-state index in [1.807, 2.05) is 0 Å². The number of ketones is 1. The SMILES string of the molecule is CCOC(=O)CC(=O)c1cccc([N+](=O)[O-])c1Cl. The first-order valence-electron chi connectivity index (χ1n) is 5.09. The fraction of sp³-hybridized carbons (Fsp3) is 0.273. The summed E-state index contributed by atoms with van der Waals surface area (Å²) in [5.74, 6) is -1.30. The molecule has 0 N–H and O–H groups in total. The number of nitrogens with zero attached hydrogens (tertiary/aromatic N) is 1. The van der Waals surface area contributed by atoms with Crippen LogP contribution in [0.1, 0.15) is 23.7 Å². The fourth-order valence-corrected chi connectivity index (χ4v) is 1.61. The second-order valence-corrected chi connectivity index (χ2v) is 3.68. The Labute approximate surface area is 108 Å². The third kappa shape index (κ3) is 3.27. The lowest BCUT2D eigenvalue weighted by molar-refractivity contribution is -0.384.